The first-order valence-corrected chi connectivity index (χ1v) is 6.77. The highest BCUT2D eigenvalue weighted by Gasteiger charge is 1.94. The quantitative estimate of drug-likeness (QED) is 0.349. The Bertz CT molecular complexity index is 426. The Labute approximate surface area is 125 Å². The van der Waals surface area contributed by atoms with Crippen LogP contribution in [-0.2, 0) is 24.1 Å². The van der Waals surface area contributed by atoms with Gasteiger partial charge in [-0.2, -0.15) is 4.89 Å². The third-order valence-corrected chi connectivity index (χ3v) is 2.13. The minimum Gasteiger partial charge on any atom is -0.466 e. The minimum atomic E-state index is -0.522. The number of carbonyl (C=O) groups excluding carboxylic acids is 2. The van der Waals surface area contributed by atoms with Crippen molar-refractivity contribution in [2.45, 2.75) is 26.7 Å². The van der Waals surface area contributed by atoms with Crippen molar-refractivity contribution in [2.75, 3.05) is 13.7 Å². The second-order valence-electron chi connectivity index (χ2n) is 3.89. The fraction of sp³-hybridized carbons (Fsp3) is 0.375. The average Bonchev–Trinajstić information content (AvgIpc) is 2.52. The van der Waals surface area contributed by atoms with E-state index in [1.165, 1.54) is 13.2 Å². The summed E-state index contributed by atoms with van der Waals surface area (Å²) in [6, 6.07) is 9.46. The van der Waals surface area contributed by atoms with E-state index >= 15 is 0 Å². The Morgan fingerprint density at radius 3 is 2.33 bits per heavy atom. The lowest BCUT2D eigenvalue weighted by molar-refractivity contribution is -0.249. The van der Waals surface area contributed by atoms with E-state index in [1.807, 2.05) is 37.3 Å². The van der Waals surface area contributed by atoms with Gasteiger partial charge in [-0.1, -0.05) is 44.2 Å². The van der Waals surface area contributed by atoms with E-state index in [1.54, 1.807) is 13.0 Å². The van der Waals surface area contributed by atoms with E-state index in [0.29, 0.717) is 13.0 Å². The Morgan fingerprint density at radius 2 is 1.81 bits per heavy atom. The summed E-state index contributed by atoms with van der Waals surface area (Å²) >= 11 is 0. The zero-order chi connectivity index (χ0) is 15.9. The molecule has 0 aliphatic heterocycles. The molecule has 1 aromatic carbocycles. The molecule has 0 bridgehead atoms. The van der Waals surface area contributed by atoms with Gasteiger partial charge in [0.2, 0.25) is 0 Å². The summed E-state index contributed by atoms with van der Waals surface area (Å²) < 4.78 is 4.70. The zero-order valence-corrected chi connectivity index (χ0v) is 12.7. The maximum Gasteiger partial charge on any atom is 0.365 e. The third-order valence-electron chi connectivity index (χ3n) is 2.13. The van der Waals surface area contributed by atoms with Crippen LogP contribution in [0.15, 0.2) is 36.4 Å². The summed E-state index contributed by atoms with van der Waals surface area (Å²) in [5.41, 5.74) is 0.940. The lowest BCUT2D eigenvalue weighted by Crippen LogP contribution is -2.02. The zero-order valence-electron chi connectivity index (χ0n) is 12.7. The number of rotatable bonds is 6. The van der Waals surface area contributed by atoms with Crippen molar-refractivity contribution in [3.63, 3.8) is 0 Å². The molecule has 5 nitrogen and oxygen atoms in total. The molecule has 1 aromatic rings. The molecule has 0 heterocycles. The molecule has 0 radical (unpaired) electrons. The van der Waals surface area contributed by atoms with Crippen LogP contribution < -0.4 is 0 Å². The molecule has 0 amide bonds. The Morgan fingerprint density at radius 1 is 1.14 bits per heavy atom. The summed E-state index contributed by atoms with van der Waals surface area (Å²) in [5, 5.41) is 0. The fourth-order valence-corrected chi connectivity index (χ4v) is 1.16. The summed E-state index contributed by atoms with van der Waals surface area (Å²) in [7, 11) is 1.29. The maximum absolute atomic E-state index is 10.8. The first-order chi connectivity index (χ1) is 10.1. The standard InChI is InChI=1S/C10H10O3.C6H12O2/c1-12-13-10(11)8-7-9-5-3-2-4-6-9;1-3-5-8-6(7)4-2/h2-8H,1H3;3-5H2,1-2H3. The van der Waals surface area contributed by atoms with Gasteiger partial charge in [-0.15, -0.1) is 0 Å². The van der Waals surface area contributed by atoms with Crippen LogP contribution in [0.25, 0.3) is 6.08 Å². The predicted molar refractivity (Wildman–Crippen MR) is 80.1 cm³/mol. The van der Waals surface area contributed by atoms with E-state index in [4.69, 9.17) is 4.74 Å². The normalized spacial score (nSPS) is 9.67. The SMILES string of the molecule is CCCOC(=O)CC.COOC(=O)C=Cc1ccccc1. The molecule has 0 aliphatic carbocycles. The number of ether oxygens (including phenoxy) is 1. The Hall–Kier alpha value is -2.14. The first kappa shape index (κ1) is 18.9. The van der Waals surface area contributed by atoms with Crippen LogP contribution in [-0.4, -0.2) is 25.7 Å². The lowest BCUT2D eigenvalue weighted by Gasteiger charge is -1.97. The Kier molecular flexibility index (Phi) is 11.6. The van der Waals surface area contributed by atoms with Crippen LogP contribution >= 0.6 is 0 Å². The molecule has 0 saturated heterocycles. The fourth-order valence-electron chi connectivity index (χ4n) is 1.16. The molecule has 0 N–H and O–H groups in total. The predicted octanol–water partition coefficient (Wildman–Crippen LogP) is 3.15. The van der Waals surface area contributed by atoms with E-state index < -0.39 is 5.97 Å². The monoisotopic (exact) mass is 294 g/mol. The molecule has 0 aliphatic rings. The minimum absolute atomic E-state index is 0.105. The Balaban J connectivity index is 0.000000433. The summed E-state index contributed by atoms with van der Waals surface area (Å²) in [5.74, 6) is -0.627. The molecule has 0 fully saturated rings. The van der Waals surface area contributed by atoms with Gasteiger partial charge >= 0.3 is 11.9 Å². The second-order valence-corrected chi connectivity index (χ2v) is 3.89. The van der Waals surface area contributed by atoms with Crippen molar-refractivity contribution >= 4 is 18.0 Å². The molecule has 1 rings (SSSR count). The highest BCUT2D eigenvalue weighted by molar-refractivity contribution is 5.86. The van der Waals surface area contributed by atoms with Crippen LogP contribution in [0.3, 0.4) is 0 Å². The third kappa shape index (κ3) is 11.4. The number of hydrogen-bond donors (Lipinski definition) is 0. The van der Waals surface area contributed by atoms with Crippen molar-refractivity contribution in [1.82, 2.24) is 0 Å². The van der Waals surface area contributed by atoms with E-state index in [-0.39, 0.29) is 5.97 Å². The van der Waals surface area contributed by atoms with Gasteiger partial charge in [-0.25, -0.2) is 4.79 Å². The molecule has 0 aromatic heterocycles. The molecule has 116 valence electrons. The van der Waals surface area contributed by atoms with Crippen molar-refractivity contribution in [3.05, 3.63) is 42.0 Å². The van der Waals surface area contributed by atoms with Crippen LogP contribution in [0, 0.1) is 0 Å². The van der Waals surface area contributed by atoms with Crippen LogP contribution in [0.2, 0.25) is 0 Å². The van der Waals surface area contributed by atoms with Crippen LogP contribution in [0.1, 0.15) is 32.3 Å². The molecular weight excluding hydrogens is 272 g/mol. The molecule has 5 heteroatoms. The van der Waals surface area contributed by atoms with Gasteiger partial charge in [-0.05, 0) is 18.1 Å². The summed E-state index contributed by atoms with van der Waals surface area (Å²) in [4.78, 5) is 29.6. The first-order valence-electron chi connectivity index (χ1n) is 6.77. The average molecular weight is 294 g/mol. The lowest BCUT2D eigenvalue weighted by atomic mass is 10.2. The van der Waals surface area contributed by atoms with Gasteiger partial charge in [0.1, 0.15) is 0 Å². The van der Waals surface area contributed by atoms with Crippen molar-refractivity contribution < 1.29 is 24.1 Å². The molecular formula is C16H22O5. The highest BCUT2D eigenvalue weighted by atomic mass is 17.2. The molecule has 0 spiro atoms. The molecule has 21 heavy (non-hydrogen) atoms. The summed E-state index contributed by atoms with van der Waals surface area (Å²) in [6.45, 7) is 4.33. The van der Waals surface area contributed by atoms with Gasteiger partial charge in [0.25, 0.3) is 0 Å². The number of carbonyl (C=O) groups is 2. The molecule has 0 saturated carbocycles. The van der Waals surface area contributed by atoms with Gasteiger partial charge in [0.05, 0.1) is 13.7 Å². The topological polar surface area (TPSA) is 61.8 Å². The second kappa shape index (κ2) is 12.9. The van der Waals surface area contributed by atoms with Crippen molar-refractivity contribution in [3.8, 4) is 0 Å². The van der Waals surface area contributed by atoms with Crippen molar-refractivity contribution in [2.24, 2.45) is 0 Å². The van der Waals surface area contributed by atoms with Crippen molar-refractivity contribution in [1.29, 1.82) is 0 Å². The largest absolute Gasteiger partial charge is 0.466 e. The number of esters is 1. The van der Waals surface area contributed by atoms with Gasteiger partial charge in [-0.3, -0.25) is 9.68 Å². The molecule has 0 atom stereocenters. The smallest absolute Gasteiger partial charge is 0.365 e. The number of benzene rings is 1. The van der Waals surface area contributed by atoms with Gasteiger partial charge in [0, 0.05) is 12.5 Å². The van der Waals surface area contributed by atoms with Gasteiger partial charge in [0.15, 0.2) is 0 Å². The van der Waals surface area contributed by atoms with E-state index in [0.717, 1.165) is 12.0 Å². The highest BCUT2D eigenvalue weighted by Crippen LogP contribution is 2.00. The van der Waals surface area contributed by atoms with E-state index in [2.05, 4.69) is 9.78 Å². The van der Waals surface area contributed by atoms with Crippen LogP contribution in [0.5, 0.6) is 0 Å². The number of hydrogen-bond acceptors (Lipinski definition) is 5. The van der Waals surface area contributed by atoms with Crippen LogP contribution in [0.4, 0.5) is 0 Å². The van der Waals surface area contributed by atoms with E-state index in [9.17, 15) is 9.59 Å². The summed E-state index contributed by atoms with van der Waals surface area (Å²) in [6.07, 6.45) is 4.35. The maximum atomic E-state index is 10.8. The van der Waals surface area contributed by atoms with Gasteiger partial charge < -0.3 is 4.74 Å². The molecule has 0 unspecified atom stereocenters.